The number of carbonyl (C=O) groups excluding carboxylic acids is 2. The molecule has 0 radical (unpaired) electrons. The molecule has 0 aliphatic carbocycles. The van der Waals surface area contributed by atoms with Crippen molar-refractivity contribution in [2.24, 2.45) is 13.0 Å². The van der Waals surface area contributed by atoms with Gasteiger partial charge in [-0.15, -0.1) is 0 Å². The predicted molar refractivity (Wildman–Crippen MR) is 164 cm³/mol. The maximum Gasteiger partial charge on any atom is 0.259 e. The molecule has 11 heteroatoms. The van der Waals surface area contributed by atoms with E-state index < -0.39 is 0 Å². The summed E-state index contributed by atoms with van der Waals surface area (Å²) in [6.45, 7) is 5.43. The van der Waals surface area contributed by atoms with Crippen molar-refractivity contribution in [1.29, 1.82) is 0 Å². The fourth-order valence-corrected chi connectivity index (χ4v) is 5.90. The van der Waals surface area contributed by atoms with Crippen LogP contribution in [0, 0.1) is 19.8 Å². The number of hydrogen-bond donors (Lipinski definition) is 3. The molecule has 2 amide bonds. The van der Waals surface area contributed by atoms with Crippen LogP contribution in [-0.2, 0) is 23.1 Å². The lowest BCUT2D eigenvalue weighted by atomic mass is 10.0. The smallest absolute Gasteiger partial charge is 0.259 e. The highest BCUT2D eigenvalue weighted by Crippen LogP contribution is 2.39. The van der Waals surface area contributed by atoms with Crippen LogP contribution >= 0.6 is 0 Å². The van der Waals surface area contributed by atoms with Crippen LogP contribution in [0.15, 0.2) is 54.9 Å². The van der Waals surface area contributed by atoms with E-state index in [0.717, 1.165) is 57.5 Å². The van der Waals surface area contributed by atoms with Crippen LogP contribution < -0.4 is 15.5 Å². The SMILES string of the molecule is Cc1cnc(Nc2cc(C)n(C)n2)nc1-c1c[nH]c2c(N3Cc4c(NC(=O)C5CCCOC5)cccc4C3=O)cccc12. The zero-order chi connectivity index (χ0) is 29.7. The van der Waals surface area contributed by atoms with Gasteiger partial charge in [0.15, 0.2) is 5.82 Å². The van der Waals surface area contributed by atoms with E-state index in [9.17, 15) is 9.59 Å². The molecule has 5 aromatic rings. The monoisotopic (exact) mass is 576 g/mol. The third-order valence-electron chi connectivity index (χ3n) is 8.32. The number of carbonyl (C=O) groups is 2. The van der Waals surface area contributed by atoms with E-state index in [0.29, 0.717) is 42.8 Å². The first kappa shape index (κ1) is 26.8. The summed E-state index contributed by atoms with van der Waals surface area (Å²) < 4.78 is 7.30. The number of anilines is 4. The van der Waals surface area contributed by atoms with E-state index >= 15 is 0 Å². The summed E-state index contributed by atoms with van der Waals surface area (Å²) in [5, 5.41) is 11.7. The molecule has 2 aromatic carbocycles. The van der Waals surface area contributed by atoms with Crippen LogP contribution in [0.3, 0.4) is 0 Å². The number of nitrogens with zero attached hydrogens (tertiary/aromatic N) is 5. The Kier molecular flexibility index (Phi) is 6.66. The minimum Gasteiger partial charge on any atom is -0.381 e. The molecule has 11 nitrogen and oxygen atoms in total. The lowest BCUT2D eigenvalue weighted by Gasteiger charge is -2.22. The van der Waals surface area contributed by atoms with Crippen LogP contribution in [0.5, 0.6) is 0 Å². The fourth-order valence-electron chi connectivity index (χ4n) is 5.90. The quantitative estimate of drug-likeness (QED) is 0.252. The molecule has 43 heavy (non-hydrogen) atoms. The lowest BCUT2D eigenvalue weighted by Crippen LogP contribution is -2.30. The average Bonchev–Trinajstić information content (AvgIpc) is 3.69. The van der Waals surface area contributed by atoms with Crippen molar-refractivity contribution in [1.82, 2.24) is 24.7 Å². The summed E-state index contributed by atoms with van der Waals surface area (Å²) in [6.07, 6.45) is 5.38. The Morgan fingerprint density at radius 3 is 2.79 bits per heavy atom. The van der Waals surface area contributed by atoms with Crippen LogP contribution in [0.4, 0.5) is 23.1 Å². The number of aryl methyl sites for hydroxylation is 3. The molecule has 218 valence electrons. The Balaban J connectivity index is 1.19. The first-order valence-corrected chi connectivity index (χ1v) is 14.4. The Labute approximate surface area is 248 Å². The number of aromatic amines is 1. The van der Waals surface area contributed by atoms with Gasteiger partial charge in [0.25, 0.3) is 5.91 Å². The van der Waals surface area contributed by atoms with Gasteiger partial charge in [-0.1, -0.05) is 18.2 Å². The number of aromatic nitrogens is 5. The Morgan fingerprint density at radius 2 is 2.00 bits per heavy atom. The number of para-hydroxylation sites is 1. The molecule has 0 spiro atoms. The van der Waals surface area contributed by atoms with Crippen LogP contribution in [0.2, 0.25) is 0 Å². The van der Waals surface area contributed by atoms with E-state index in [1.807, 2.05) is 69.6 Å². The van der Waals surface area contributed by atoms with Crippen LogP contribution in [-0.4, -0.2) is 49.8 Å². The van der Waals surface area contributed by atoms with Crippen molar-refractivity contribution < 1.29 is 14.3 Å². The number of rotatable bonds is 6. The number of amides is 2. The normalized spacial score (nSPS) is 16.5. The summed E-state index contributed by atoms with van der Waals surface area (Å²) >= 11 is 0. The predicted octanol–water partition coefficient (Wildman–Crippen LogP) is 5.24. The van der Waals surface area contributed by atoms with Gasteiger partial charge in [-0.2, -0.15) is 5.10 Å². The maximum atomic E-state index is 13.7. The molecule has 1 fully saturated rings. The number of fused-ring (bicyclic) bond motifs is 2. The maximum absolute atomic E-state index is 13.7. The van der Waals surface area contributed by atoms with E-state index in [1.165, 1.54) is 0 Å². The largest absolute Gasteiger partial charge is 0.381 e. The van der Waals surface area contributed by atoms with E-state index in [1.54, 1.807) is 15.8 Å². The van der Waals surface area contributed by atoms with Crippen molar-refractivity contribution in [3.8, 4) is 11.3 Å². The second-order valence-electron chi connectivity index (χ2n) is 11.2. The van der Waals surface area contributed by atoms with Crippen molar-refractivity contribution in [2.45, 2.75) is 33.2 Å². The molecule has 3 N–H and O–H groups in total. The second-order valence-corrected chi connectivity index (χ2v) is 11.2. The van der Waals surface area contributed by atoms with Gasteiger partial charge >= 0.3 is 0 Å². The highest BCUT2D eigenvalue weighted by molar-refractivity contribution is 6.15. The zero-order valence-corrected chi connectivity index (χ0v) is 24.3. The van der Waals surface area contributed by atoms with Crippen molar-refractivity contribution >= 4 is 45.9 Å². The van der Waals surface area contributed by atoms with Gasteiger partial charge in [0.2, 0.25) is 11.9 Å². The number of hydrogen-bond acceptors (Lipinski definition) is 7. The van der Waals surface area contributed by atoms with Gasteiger partial charge in [0.1, 0.15) is 0 Å². The molecule has 7 rings (SSSR count). The molecule has 5 heterocycles. The van der Waals surface area contributed by atoms with E-state index in [2.05, 4.69) is 25.7 Å². The van der Waals surface area contributed by atoms with Gasteiger partial charge in [0, 0.05) is 65.6 Å². The highest BCUT2D eigenvalue weighted by atomic mass is 16.5. The molecule has 1 unspecified atom stereocenters. The molecule has 0 bridgehead atoms. The molecule has 3 aromatic heterocycles. The number of H-pyrrole nitrogens is 1. The Bertz CT molecular complexity index is 1870. The number of nitrogens with one attached hydrogen (secondary N) is 3. The molecular formula is C32H32N8O3. The van der Waals surface area contributed by atoms with Gasteiger partial charge in [-0.3, -0.25) is 14.3 Å². The number of benzene rings is 2. The van der Waals surface area contributed by atoms with Gasteiger partial charge in [-0.25, -0.2) is 9.97 Å². The third kappa shape index (κ3) is 4.81. The first-order chi connectivity index (χ1) is 20.9. The minimum absolute atomic E-state index is 0.0672. The van der Waals surface area contributed by atoms with Crippen LogP contribution in [0.1, 0.15) is 40.0 Å². The molecule has 2 aliphatic rings. The topological polar surface area (TPSA) is 130 Å². The number of ether oxygens (including phenoxy) is 1. The Hall–Kier alpha value is -5.03. The van der Waals surface area contributed by atoms with E-state index in [-0.39, 0.29) is 17.7 Å². The molecule has 0 saturated carbocycles. The second kappa shape index (κ2) is 10.7. The third-order valence-corrected chi connectivity index (χ3v) is 8.32. The van der Waals surface area contributed by atoms with E-state index in [4.69, 9.17) is 9.72 Å². The first-order valence-electron chi connectivity index (χ1n) is 14.4. The summed E-state index contributed by atoms with van der Waals surface area (Å²) in [7, 11) is 1.89. The zero-order valence-electron chi connectivity index (χ0n) is 24.3. The minimum atomic E-state index is -0.182. The molecule has 2 aliphatic heterocycles. The fraction of sp³-hybridized carbons (Fsp3) is 0.281. The summed E-state index contributed by atoms with van der Waals surface area (Å²) in [5.74, 6) is 0.765. The van der Waals surface area contributed by atoms with Gasteiger partial charge < -0.3 is 25.3 Å². The molecule has 1 saturated heterocycles. The molecular weight excluding hydrogens is 544 g/mol. The van der Waals surface area contributed by atoms with Crippen molar-refractivity contribution in [3.05, 3.63) is 77.2 Å². The highest BCUT2D eigenvalue weighted by Gasteiger charge is 2.33. The van der Waals surface area contributed by atoms with Crippen molar-refractivity contribution in [3.63, 3.8) is 0 Å². The van der Waals surface area contributed by atoms with Gasteiger partial charge in [-0.05, 0) is 50.5 Å². The Morgan fingerprint density at radius 1 is 1.14 bits per heavy atom. The summed E-state index contributed by atoms with van der Waals surface area (Å²) in [4.78, 5) is 41.1. The van der Waals surface area contributed by atoms with Crippen molar-refractivity contribution in [2.75, 3.05) is 28.7 Å². The summed E-state index contributed by atoms with van der Waals surface area (Å²) in [6, 6.07) is 13.3. The summed E-state index contributed by atoms with van der Waals surface area (Å²) in [5.41, 5.74) is 7.29. The average molecular weight is 577 g/mol. The van der Waals surface area contributed by atoms with Crippen LogP contribution in [0.25, 0.3) is 22.2 Å². The molecule has 1 atom stereocenters. The lowest BCUT2D eigenvalue weighted by molar-refractivity contribution is -0.123. The standard InChI is InChI=1S/C32H32N8O3/c1-18-14-34-32(36-27-13-19(2)39(3)38-27)37-28(18)23-15-33-29-21(23)8-5-11-26(29)40-16-24-22(31(40)42)9-4-10-25(24)35-30(41)20-7-6-12-43-17-20/h4-5,8-11,13-15,20,33H,6-7,12,16-17H2,1-3H3,(H,35,41)(H,34,36,37,38). The van der Waals surface area contributed by atoms with Gasteiger partial charge in [0.05, 0.1) is 36.0 Å².